The standard InChI is InChI=1S/C15H26N2/c1-14(2)13-17-11-6-10-16-12-9-15-7-4-3-5-8-15/h3-5,7-8,14,16-17H,6,9-13H2,1-2H3. The van der Waals surface area contributed by atoms with E-state index in [4.69, 9.17) is 0 Å². The van der Waals surface area contributed by atoms with Crippen LogP contribution in [0.2, 0.25) is 0 Å². The molecule has 0 aliphatic heterocycles. The smallest absolute Gasteiger partial charge is 0.000834 e. The van der Waals surface area contributed by atoms with Gasteiger partial charge in [0.2, 0.25) is 0 Å². The van der Waals surface area contributed by atoms with E-state index in [1.165, 1.54) is 12.0 Å². The minimum Gasteiger partial charge on any atom is -0.316 e. The van der Waals surface area contributed by atoms with Crippen molar-refractivity contribution in [3.05, 3.63) is 35.9 Å². The van der Waals surface area contributed by atoms with Crippen LogP contribution >= 0.6 is 0 Å². The lowest BCUT2D eigenvalue weighted by Gasteiger charge is -2.08. The Labute approximate surface area is 106 Å². The Balaban J connectivity index is 1.88. The van der Waals surface area contributed by atoms with Crippen molar-refractivity contribution in [3.63, 3.8) is 0 Å². The van der Waals surface area contributed by atoms with Crippen molar-refractivity contribution in [1.82, 2.24) is 10.6 Å². The number of rotatable bonds is 9. The lowest BCUT2D eigenvalue weighted by Crippen LogP contribution is -2.25. The molecule has 2 heteroatoms. The predicted octanol–water partition coefficient (Wildman–Crippen LogP) is 2.45. The molecule has 0 fully saturated rings. The number of hydrogen-bond acceptors (Lipinski definition) is 2. The third kappa shape index (κ3) is 7.94. The molecule has 0 unspecified atom stereocenters. The first-order valence-electron chi connectivity index (χ1n) is 6.74. The highest BCUT2D eigenvalue weighted by Gasteiger charge is 1.93. The first-order chi connectivity index (χ1) is 8.29. The largest absolute Gasteiger partial charge is 0.316 e. The predicted molar refractivity (Wildman–Crippen MR) is 75.3 cm³/mol. The van der Waals surface area contributed by atoms with Crippen molar-refractivity contribution in [2.24, 2.45) is 5.92 Å². The molecular weight excluding hydrogens is 208 g/mol. The first-order valence-corrected chi connectivity index (χ1v) is 6.74. The van der Waals surface area contributed by atoms with E-state index in [-0.39, 0.29) is 0 Å². The summed E-state index contributed by atoms with van der Waals surface area (Å²) in [6.07, 6.45) is 2.34. The van der Waals surface area contributed by atoms with Gasteiger partial charge >= 0.3 is 0 Å². The molecule has 0 aliphatic rings. The van der Waals surface area contributed by atoms with Crippen LogP contribution in [0.1, 0.15) is 25.8 Å². The average molecular weight is 234 g/mol. The summed E-state index contributed by atoms with van der Waals surface area (Å²) in [6, 6.07) is 10.6. The Morgan fingerprint density at radius 1 is 0.941 bits per heavy atom. The summed E-state index contributed by atoms with van der Waals surface area (Å²) in [7, 11) is 0. The minimum absolute atomic E-state index is 0.751. The van der Waals surface area contributed by atoms with Gasteiger partial charge in [0, 0.05) is 0 Å². The average Bonchev–Trinajstić information content (AvgIpc) is 2.33. The van der Waals surface area contributed by atoms with Crippen LogP contribution in [0.4, 0.5) is 0 Å². The van der Waals surface area contributed by atoms with Crippen LogP contribution in [0.3, 0.4) is 0 Å². The summed E-state index contributed by atoms with van der Waals surface area (Å²) in [5, 5.41) is 6.94. The Hall–Kier alpha value is -0.860. The van der Waals surface area contributed by atoms with Gasteiger partial charge in [-0.3, -0.25) is 0 Å². The molecular formula is C15H26N2. The van der Waals surface area contributed by atoms with Crippen LogP contribution in [0.5, 0.6) is 0 Å². The summed E-state index contributed by atoms with van der Waals surface area (Å²) in [6.45, 7) is 8.92. The molecule has 0 amide bonds. The fourth-order valence-corrected chi connectivity index (χ4v) is 1.73. The van der Waals surface area contributed by atoms with Crippen molar-refractivity contribution >= 4 is 0 Å². The van der Waals surface area contributed by atoms with Gasteiger partial charge in [0.15, 0.2) is 0 Å². The van der Waals surface area contributed by atoms with E-state index in [9.17, 15) is 0 Å². The van der Waals surface area contributed by atoms with Crippen LogP contribution in [0.15, 0.2) is 30.3 Å². The minimum atomic E-state index is 0.751. The van der Waals surface area contributed by atoms with E-state index in [0.717, 1.165) is 38.5 Å². The highest BCUT2D eigenvalue weighted by molar-refractivity contribution is 5.14. The highest BCUT2D eigenvalue weighted by atomic mass is 14.9. The Morgan fingerprint density at radius 3 is 2.35 bits per heavy atom. The van der Waals surface area contributed by atoms with Gasteiger partial charge < -0.3 is 10.6 Å². The normalized spacial score (nSPS) is 11.0. The molecule has 2 N–H and O–H groups in total. The topological polar surface area (TPSA) is 24.1 Å². The van der Waals surface area contributed by atoms with Crippen molar-refractivity contribution < 1.29 is 0 Å². The summed E-state index contributed by atoms with van der Waals surface area (Å²) >= 11 is 0. The van der Waals surface area contributed by atoms with E-state index < -0.39 is 0 Å². The first kappa shape index (κ1) is 14.2. The van der Waals surface area contributed by atoms with Crippen LogP contribution in [0.25, 0.3) is 0 Å². The monoisotopic (exact) mass is 234 g/mol. The summed E-state index contributed by atoms with van der Waals surface area (Å²) < 4.78 is 0. The third-order valence-electron chi connectivity index (χ3n) is 2.69. The maximum Gasteiger partial charge on any atom is -0.000834 e. The summed E-state index contributed by atoms with van der Waals surface area (Å²) in [5.41, 5.74) is 1.41. The maximum atomic E-state index is 3.48. The number of benzene rings is 1. The molecule has 1 rings (SSSR count). The summed E-state index contributed by atoms with van der Waals surface area (Å²) in [5.74, 6) is 0.751. The zero-order valence-electron chi connectivity index (χ0n) is 11.2. The number of hydrogen-bond donors (Lipinski definition) is 2. The van der Waals surface area contributed by atoms with E-state index in [1.807, 2.05) is 0 Å². The Morgan fingerprint density at radius 2 is 1.65 bits per heavy atom. The van der Waals surface area contributed by atoms with Gasteiger partial charge in [-0.25, -0.2) is 0 Å². The molecule has 2 nitrogen and oxygen atoms in total. The van der Waals surface area contributed by atoms with Gasteiger partial charge in [-0.1, -0.05) is 44.2 Å². The van der Waals surface area contributed by atoms with Crippen LogP contribution in [-0.4, -0.2) is 26.2 Å². The molecule has 0 radical (unpaired) electrons. The molecule has 0 aliphatic carbocycles. The second kappa shape index (κ2) is 9.20. The molecule has 0 saturated heterocycles. The second-order valence-corrected chi connectivity index (χ2v) is 4.94. The zero-order valence-corrected chi connectivity index (χ0v) is 11.2. The lowest BCUT2D eigenvalue weighted by molar-refractivity contribution is 0.531. The van der Waals surface area contributed by atoms with Gasteiger partial charge in [-0.05, 0) is 50.5 Å². The van der Waals surface area contributed by atoms with E-state index in [0.29, 0.717) is 0 Å². The number of nitrogens with one attached hydrogen (secondary N) is 2. The molecule has 0 spiro atoms. The van der Waals surface area contributed by atoms with Crippen LogP contribution < -0.4 is 10.6 Å². The molecule has 0 aromatic heterocycles. The molecule has 1 aromatic carbocycles. The molecule has 0 bridgehead atoms. The quantitative estimate of drug-likeness (QED) is 0.641. The molecule has 1 aromatic rings. The second-order valence-electron chi connectivity index (χ2n) is 4.94. The van der Waals surface area contributed by atoms with Gasteiger partial charge in [0.25, 0.3) is 0 Å². The molecule has 0 atom stereocenters. The Bertz CT molecular complexity index is 270. The van der Waals surface area contributed by atoms with Crippen molar-refractivity contribution in [3.8, 4) is 0 Å². The van der Waals surface area contributed by atoms with Crippen molar-refractivity contribution in [1.29, 1.82) is 0 Å². The molecule has 0 saturated carbocycles. The molecule has 96 valence electrons. The van der Waals surface area contributed by atoms with Crippen molar-refractivity contribution in [2.75, 3.05) is 26.2 Å². The van der Waals surface area contributed by atoms with Gasteiger partial charge in [0.1, 0.15) is 0 Å². The van der Waals surface area contributed by atoms with E-state index in [1.54, 1.807) is 0 Å². The van der Waals surface area contributed by atoms with Gasteiger partial charge in [-0.15, -0.1) is 0 Å². The molecule has 17 heavy (non-hydrogen) atoms. The highest BCUT2D eigenvalue weighted by Crippen LogP contribution is 1.97. The third-order valence-corrected chi connectivity index (χ3v) is 2.69. The van der Waals surface area contributed by atoms with E-state index >= 15 is 0 Å². The SMILES string of the molecule is CC(C)CNCCCNCCc1ccccc1. The fourth-order valence-electron chi connectivity index (χ4n) is 1.73. The lowest BCUT2D eigenvalue weighted by atomic mass is 10.1. The van der Waals surface area contributed by atoms with Gasteiger partial charge in [0.05, 0.1) is 0 Å². The van der Waals surface area contributed by atoms with Crippen molar-refractivity contribution in [2.45, 2.75) is 26.7 Å². The summed E-state index contributed by atoms with van der Waals surface area (Å²) in [4.78, 5) is 0. The van der Waals surface area contributed by atoms with Crippen LogP contribution in [0, 0.1) is 5.92 Å². The zero-order chi connectivity index (χ0) is 12.3. The van der Waals surface area contributed by atoms with Gasteiger partial charge in [-0.2, -0.15) is 0 Å². The fraction of sp³-hybridized carbons (Fsp3) is 0.600. The van der Waals surface area contributed by atoms with Crippen LogP contribution in [-0.2, 0) is 6.42 Å². The Kier molecular flexibility index (Phi) is 7.69. The molecule has 0 heterocycles. The van der Waals surface area contributed by atoms with E-state index in [2.05, 4.69) is 54.8 Å². The maximum absolute atomic E-state index is 3.48.